The van der Waals surface area contributed by atoms with Crippen molar-refractivity contribution in [3.63, 3.8) is 0 Å². The highest BCUT2D eigenvalue weighted by Gasteiger charge is 2.48. The Morgan fingerprint density at radius 3 is 2.73 bits per heavy atom. The Hall–Kier alpha value is -2.69. The number of hydroxylamine groups is 2. The molecular weight excluding hydrogens is 342 g/mol. The molecule has 1 aromatic rings. The topological polar surface area (TPSA) is 134 Å². The molecule has 3 rings (SSSR count). The monoisotopic (exact) mass is 363 g/mol. The van der Waals surface area contributed by atoms with E-state index in [1.807, 2.05) is 6.07 Å². The molecule has 0 saturated carbocycles. The maximum Gasteiger partial charge on any atom is 0.323 e. The van der Waals surface area contributed by atoms with Crippen LogP contribution in [0.1, 0.15) is 12.8 Å². The number of urea groups is 1. The number of carbonyl (C=O) groups is 3. The molecule has 3 amide bonds. The minimum absolute atomic E-state index is 0.0510. The zero-order valence-electron chi connectivity index (χ0n) is 14.1. The van der Waals surface area contributed by atoms with Crippen LogP contribution in [0.15, 0.2) is 30.3 Å². The van der Waals surface area contributed by atoms with E-state index in [-0.39, 0.29) is 38.5 Å². The molecular formula is C16H21N5O5. The fourth-order valence-electron chi connectivity index (χ4n) is 3.29. The Balaban J connectivity index is 1.77. The molecule has 4 N–H and O–H groups in total. The summed E-state index contributed by atoms with van der Waals surface area (Å²) in [5.74, 6) is -2.43. The first-order valence-corrected chi connectivity index (χ1v) is 8.36. The van der Waals surface area contributed by atoms with E-state index in [4.69, 9.17) is 0 Å². The van der Waals surface area contributed by atoms with Crippen LogP contribution in [0.5, 0.6) is 0 Å². The summed E-state index contributed by atoms with van der Waals surface area (Å²) < 4.78 is -1.20. The number of quaternary nitrogens is 1. The van der Waals surface area contributed by atoms with E-state index in [2.05, 4.69) is 16.0 Å². The molecule has 2 aliphatic heterocycles. The molecule has 0 aromatic heterocycles. The molecule has 2 aliphatic rings. The molecule has 2 saturated heterocycles. The van der Waals surface area contributed by atoms with Crippen LogP contribution in [0.3, 0.4) is 0 Å². The van der Waals surface area contributed by atoms with Crippen molar-refractivity contribution in [1.29, 1.82) is 0 Å². The second kappa shape index (κ2) is 7.28. The molecule has 10 heteroatoms. The van der Waals surface area contributed by atoms with E-state index in [1.54, 1.807) is 24.3 Å². The number of carbonyl (C=O) groups excluding carboxylic acids is 2. The largest absolute Gasteiger partial charge is 0.604 e. The maximum atomic E-state index is 13.5. The molecule has 0 bridgehead atoms. The fourth-order valence-corrected chi connectivity index (χ4v) is 3.29. The van der Waals surface area contributed by atoms with Gasteiger partial charge in [0, 0.05) is 25.1 Å². The van der Waals surface area contributed by atoms with Crippen LogP contribution >= 0.6 is 0 Å². The van der Waals surface area contributed by atoms with Crippen molar-refractivity contribution in [3.05, 3.63) is 35.5 Å². The Bertz CT molecular complexity index is 700. The molecule has 2 fully saturated rings. The zero-order valence-corrected chi connectivity index (χ0v) is 14.1. The third-order valence-corrected chi connectivity index (χ3v) is 4.63. The van der Waals surface area contributed by atoms with Crippen LogP contribution in [-0.4, -0.2) is 58.7 Å². The number of hydrogen-bond acceptors (Lipinski definition) is 5. The average Bonchev–Trinajstić information content (AvgIpc) is 2.79. The molecule has 140 valence electrons. The molecule has 2 unspecified atom stereocenters. The number of para-hydroxylation sites is 1. The van der Waals surface area contributed by atoms with Crippen molar-refractivity contribution in [2.24, 2.45) is 5.92 Å². The van der Waals surface area contributed by atoms with E-state index in [9.17, 15) is 24.7 Å². The summed E-state index contributed by atoms with van der Waals surface area (Å²) in [5.41, 5.74) is 0.562. The van der Waals surface area contributed by atoms with Crippen LogP contribution in [0, 0.1) is 11.1 Å². The molecule has 0 aliphatic carbocycles. The highest BCUT2D eigenvalue weighted by Crippen LogP contribution is 2.29. The SMILES string of the molecule is O=C(Nc1ccccc1)NC1CCC(=O)N2CNC[C@H](C(=O)O)C[N+]12[O-]. The van der Waals surface area contributed by atoms with Gasteiger partial charge in [-0.2, -0.15) is 5.01 Å². The molecule has 26 heavy (non-hydrogen) atoms. The lowest BCUT2D eigenvalue weighted by Gasteiger charge is -2.54. The molecule has 2 heterocycles. The van der Waals surface area contributed by atoms with Gasteiger partial charge < -0.3 is 15.6 Å². The standard InChI is InChI=1S/C16H21N5O5/c22-14-7-6-13(19-16(25)18-12-4-2-1-3-5-12)21(26)9-11(15(23)24)8-17-10-20(14)21/h1-5,11,13,17H,6-10H2,(H,23,24)(H2,18,19,25)/t11-,13?,21?/m0/s1. The van der Waals surface area contributed by atoms with Gasteiger partial charge in [-0.15, -0.1) is 0 Å². The smallest absolute Gasteiger partial charge is 0.323 e. The number of rotatable bonds is 3. The highest BCUT2D eigenvalue weighted by molar-refractivity contribution is 5.89. The second-order valence-electron chi connectivity index (χ2n) is 6.40. The lowest BCUT2D eigenvalue weighted by Crippen LogP contribution is -2.72. The normalized spacial score (nSPS) is 28.7. The third-order valence-electron chi connectivity index (χ3n) is 4.63. The number of nitrogens with zero attached hydrogens (tertiary/aromatic N) is 2. The van der Waals surface area contributed by atoms with Crippen molar-refractivity contribution in [2.75, 3.05) is 25.1 Å². The van der Waals surface area contributed by atoms with Crippen LogP contribution in [0.2, 0.25) is 0 Å². The van der Waals surface area contributed by atoms with Gasteiger partial charge >= 0.3 is 12.0 Å². The minimum Gasteiger partial charge on any atom is -0.604 e. The summed E-state index contributed by atoms with van der Waals surface area (Å²) in [6.07, 6.45) is -0.691. The van der Waals surface area contributed by atoms with Crippen molar-refractivity contribution >= 4 is 23.6 Å². The number of benzene rings is 1. The lowest BCUT2D eigenvalue weighted by molar-refractivity contribution is -1.01. The Kier molecular flexibility index (Phi) is 5.07. The van der Waals surface area contributed by atoms with E-state index in [0.717, 1.165) is 5.01 Å². The van der Waals surface area contributed by atoms with Gasteiger partial charge in [0.25, 0.3) is 5.91 Å². The van der Waals surface area contributed by atoms with Gasteiger partial charge in [-0.1, -0.05) is 18.2 Å². The van der Waals surface area contributed by atoms with Gasteiger partial charge in [0.2, 0.25) is 0 Å². The summed E-state index contributed by atoms with van der Waals surface area (Å²) in [5, 5.41) is 31.9. The van der Waals surface area contributed by atoms with Crippen molar-refractivity contribution in [1.82, 2.24) is 15.6 Å². The van der Waals surface area contributed by atoms with E-state index >= 15 is 0 Å². The summed E-state index contributed by atoms with van der Waals surface area (Å²) in [6.45, 7) is -0.292. The highest BCUT2D eigenvalue weighted by atomic mass is 16.6. The van der Waals surface area contributed by atoms with Gasteiger partial charge in [-0.3, -0.25) is 20.2 Å². The first kappa shape index (κ1) is 18.1. The molecule has 0 spiro atoms. The summed E-state index contributed by atoms with van der Waals surface area (Å²) in [6, 6.07) is 8.16. The van der Waals surface area contributed by atoms with Gasteiger partial charge in [0.15, 0.2) is 6.17 Å². The van der Waals surface area contributed by atoms with Gasteiger partial charge in [0.05, 0.1) is 0 Å². The van der Waals surface area contributed by atoms with Crippen LogP contribution < -0.4 is 16.0 Å². The van der Waals surface area contributed by atoms with Gasteiger partial charge in [-0.25, -0.2) is 9.55 Å². The second-order valence-corrected chi connectivity index (χ2v) is 6.40. The minimum atomic E-state index is -1.20. The molecule has 1 aromatic carbocycles. The number of hydrogen-bond donors (Lipinski definition) is 4. The Morgan fingerprint density at radius 2 is 2.04 bits per heavy atom. The first-order valence-electron chi connectivity index (χ1n) is 8.36. The summed E-state index contributed by atoms with van der Waals surface area (Å²) >= 11 is 0. The van der Waals surface area contributed by atoms with Crippen molar-refractivity contribution in [2.45, 2.75) is 19.0 Å². The van der Waals surface area contributed by atoms with Gasteiger partial charge in [-0.05, 0) is 12.1 Å². The number of fused-ring (bicyclic) bond motifs is 1. The van der Waals surface area contributed by atoms with Crippen molar-refractivity contribution in [3.8, 4) is 0 Å². The van der Waals surface area contributed by atoms with Crippen molar-refractivity contribution < 1.29 is 24.2 Å². The number of nitrogens with one attached hydrogen (secondary N) is 3. The fraction of sp³-hybridized carbons (Fsp3) is 0.438. The number of carboxylic acids is 1. The number of carboxylic acid groups (broad SMARTS) is 1. The number of amides is 3. The zero-order chi connectivity index (χ0) is 18.7. The van der Waals surface area contributed by atoms with E-state index in [1.165, 1.54) is 0 Å². The lowest BCUT2D eigenvalue weighted by atomic mass is 10.1. The predicted molar refractivity (Wildman–Crippen MR) is 91.0 cm³/mol. The third kappa shape index (κ3) is 3.62. The number of anilines is 1. The van der Waals surface area contributed by atoms with Crippen LogP contribution in [0.4, 0.5) is 10.5 Å². The molecule has 10 nitrogen and oxygen atoms in total. The average molecular weight is 363 g/mol. The van der Waals surface area contributed by atoms with Gasteiger partial charge in [0.1, 0.15) is 19.1 Å². The summed E-state index contributed by atoms with van der Waals surface area (Å²) in [4.78, 5) is 35.8. The van der Waals surface area contributed by atoms with E-state index < -0.39 is 28.8 Å². The maximum absolute atomic E-state index is 13.5. The summed E-state index contributed by atoms with van der Waals surface area (Å²) in [7, 11) is 0. The molecule has 0 radical (unpaired) electrons. The van der Waals surface area contributed by atoms with Crippen LogP contribution in [-0.2, 0) is 9.59 Å². The Labute approximate surface area is 149 Å². The Morgan fingerprint density at radius 1 is 1.31 bits per heavy atom. The molecule has 3 atom stereocenters. The quantitative estimate of drug-likeness (QED) is 0.449. The number of aliphatic carboxylic acids is 1. The van der Waals surface area contributed by atoms with Crippen LogP contribution in [0.25, 0.3) is 0 Å². The first-order chi connectivity index (χ1) is 12.4. The van der Waals surface area contributed by atoms with E-state index in [0.29, 0.717) is 5.69 Å². The predicted octanol–water partition coefficient (Wildman–Crippen LogP) is 0.248.